The summed E-state index contributed by atoms with van der Waals surface area (Å²) in [5, 5.41) is 23.4. The number of amides is 1. The molecule has 0 fully saturated rings. The van der Waals surface area contributed by atoms with Crippen LogP contribution in [0.4, 0.5) is 0 Å². The quantitative estimate of drug-likeness (QED) is 0.0417. The number of carbonyl (C=O) groups excluding carboxylic acids is 2. The van der Waals surface area contributed by atoms with E-state index in [1.165, 1.54) is 289 Å². The molecule has 0 rings (SSSR count). The fraction of sp³-hybridized carbons (Fsp3) is 0.968. The van der Waals surface area contributed by atoms with Crippen molar-refractivity contribution < 1.29 is 24.5 Å². The Balaban J connectivity index is 3.38. The van der Waals surface area contributed by atoms with Gasteiger partial charge in [0.2, 0.25) is 5.91 Å². The van der Waals surface area contributed by atoms with Gasteiger partial charge in [0.15, 0.2) is 0 Å². The van der Waals surface area contributed by atoms with E-state index in [2.05, 4.69) is 19.2 Å². The van der Waals surface area contributed by atoms with Crippen molar-refractivity contribution in [3.05, 3.63) is 0 Å². The first-order valence-corrected chi connectivity index (χ1v) is 31.3. The van der Waals surface area contributed by atoms with Crippen LogP contribution in [0.2, 0.25) is 0 Å². The molecule has 2 unspecified atom stereocenters. The second-order valence-corrected chi connectivity index (χ2v) is 21.8. The summed E-state index contributed by atoms with van der Waals surface area (Å²) in [4.78, 5) is 24.5. The van der Waals surface area contributed by atoms with Crippen molar-refractivity contribution in [3.8, 4) is 0 Å². The smallest absolute Gasteiger partial charge is 0.305 e. The SMILES string of the molecule is CCCCCCCCCCCCCCCCCCCCCC(O)C(CO)NC(=O)CCCCCCCCCCCCCCCCCCCCCCOC(=O)CCCCCCCCCCCCCC. The van der Waals surface area contributed by atoms with E-state index in [-0.39, 0.29) is 18.5 Å². The van der Waals surface area contributed by atoms with Crippen LogP contribution in [0.5, 0.6) is 0 Å². The van der Waals surface area contributed by atoms with Crippen LogP contribution < -0.4 is 5.32 Å². The maximum atomic E-state index is 12.5. The molecule has 0 bridgehead atoms. The van der Waals surface area contributed by atoms with E-state index in [1.807, 2.05) is 0 Å². The number of hydrogen-bond donors (Lipinski definition) is 3. The summed E-state index contributed by atoms with van der Waals surface area (Å²) in [6.07, 6.45) is 68.2. The summed E-state index contributed by atoms with van der Waals surface area (Å²) in [5.74, 6) is -0.0200. The fourth-order valence-electron chi connectivity index (χ4n) is 10.1. The number of nitrogens with one attached hydrogen (secondary N) is 1. The first-order chi connectivity index (χ1) is 33.5. The van der Waals surface area contributed by atoms with Crippen molar-refractivity contribution in [1.82, 2.24) is 5.32 Å². The summed E-state index contributed by atoms with van der Waals surface area (Å²) in [6.45, 7) is 4.98. The van der Waals surface area contributed by atoms with Crippen LogP contribution in [-0.2, 0) is 14.3 Å². The minimum Gasteiger partial charge on any atom is -0.466 e. The summed E-state index contributed by atoms with van der Waals surface area (Å²) in [5.41, 5.74) is 0. The molecule has 6 heteroatoms. The lowest BCUT2D eigenvalue weighted by atomic mass is 10.0. The number of rotatable bonds is 59. The van der Waals surface area contributed by atoms with Crippen LogP contribution >= 0.6 is 0 Å². The number of esters is 1. The first kappa shape index (κ1) is 66.9. The highest BCUT2D eigenvalue weighted by atomic mass is 16.5. The molecule has 68 heavy (non-hydrogen) atoms. The predicted molar refractivity (Wildman–Crippen MR) is 297 cm³/mol. The molecule has 0 spiro atoms. The van der Waals surface area contributed by atoms with E-state index < -0.39 is 12.1 Å². The first-order valence-electron chi connectivity index (χ1n) is 31.3. The van der Waals surface area contributed by atoms with Gasteiger partial charge in [0.25, 0.3) is 0 Å². The molecular formula is C62H123NO5. The van der Waals surface area contributed by atoms with Crippen molar-refractivity contribution in [2.45, 2.75) is 373 Å². The number of unbranched alkanes of at least 4 members (excludes halogenated alkanes) is 48. The lowest BCUT2D eigenvalue weighted by molar-refractivity contribution is -0.143. The van der Waals surface area contributed by atoms with Gasteiger partial charge in [-0.3, -0.25) is 9.59 Å². The predicted octanol–water partition coefficient (Wildman–Crippen LogP) is 19.5. The molecule has 0 aliphatic rings. The third kappa shape index (κ3) is 54.2. The molecule has 406 valence electrons. The Morgan fingerprint density at radius 2 is 0.603 bits per heavy atom. The molecule has 3 N–H and O–H groups in total. The second kappa shape index (κ2) is 58.4. The van der Waals surface area contributed by atoms with E-state index in [4.69, 9.17) is 4.74 Å². The van der Waals surface area contributed by atoms with E-state index in [0.29, 0.717) is 25.9 Å². The van der Waals surface area contributed by atoms with Crippen molar-refractivity contribution in [3.63, 3.8) is 0 Å². The van der Waals surface area contributed by atoms with Gasteiger partial charge in [0.05, 0.1) is 25.4 Å². The maximum Gasteiger partial charge on any atom is 0.305 e. The monoisotopic (exact) mass is 962 g/mol. The van der Waals surface area contributed by atoms with Gasteiger partial charge in [0, 0.05) is 12.8 Å². The number of hydrogen-bond acceptors (Lipinski definition) is 5. The molecule has 6 nitrogen and oxygen atoms in total. The highest BCUT2D eigenvalue weighted by molar-refractivity contribution is 5.76. The zero-order valence-electron chi connectivity index (χ0n) is 46.4. The largest absolute Gasteiger partial charge is 0.466 e. The van der Waals surface area contributed by atoms with Gasteiger partial charge < -0.3 is 20.3 Å². The summed E-state index contributed by atoms with van der Waals surface area (Å²) in [7, 11) is 0. The third-order valence-electron chi connectivity index (χ3n) is 14.9. The maximum absolute atomic E-state index is 12.5. The molecule has 0 saturated heterocycles. The molecule has 0 aliphatic heterocycles. The van der Waals surface area contributed by atoms with Gasteiger partial charge in [-0.15, -0.1) is 0 Å². The topological polar surface area (TPSA) is 95.9 Å². The van der Waals surface area contributed by atoms with E-state index in [1.54, 1.807) is 0 Å². The Labute approximate surface area is 426 Å². The van der Waals surface area contributed by atoms with E-state index >= 15 is 0 Å². The molecule has 0 radical (unpaired) electrons. The average molecular weight is 963 g/mol. The molecule has 1 amide bonds. The van der Waals surface area contributed by atoms with Crippen LogP contribution in [0.15, 0.2) is 0 Å². The van der Waals surface area contributed by atoms with Crippen molar-refractivity contribution in [2.75, 3.05) is 13.2 Å². The van der Waals surface area contributed by atoms with Gasteiger partial charge in [-0.1, -0.05) is 322 Å². The zero-order valence-corrected chi connectivity index (χ0v) is 46.4. The van der Waals surface area contributed by atoms with E-state index in [9.17, 15) is 19.8 Å². The Morgan fingerprint density at radius 3 is 0.897 bits per heavy atom. The minimum absolute atomic E-state index is 0.0125. The van der Waals surface area contributed by atoms with Crippen LogP contribution in [-0.4, -0.2) is 47.4 Å². The van der Waals surface area contributed by atoms with Crippen LogP contribution in [0.25, 0.3) is 0 Å². The Bertz CT molecular complexity index is 975. The number of ether oxygens (including phenoxy) is 1. The lowest BCUT2D eigenvalue weighted by Gasteiger charge is -2.22. The highest BCUT2D eigenvalue weighted by Crippen LogP contribution is 2.19. The standard InChI is InChI=1S/C62H123NO5/c1-3-5-7-9-11-13-15-17-18-19-22-25-28-31-34-38-42-46-50-54-60(65)59(58-64)63-61(66)55-51-47-43-39-35-32-29-26-23-20-21-24-27-30-33-37-41-45-49-53-57-68-62(67)56-52-48-44-40-36-16-14-12-10-8-6-4-2/h59-60,64-65H,3-58H2,1-2H3,(H,63,66). The van der Waals surface area contributed by atoms with E-state index in [0.717, 1.165) is 38.5 Å². The number of aliphatic hydroxyl groups is 2. The summed E-state index contributed by atoms with van der Waals surface area (Å²) in [6, 6.07) is -0.542. The van der Waals surface area contributed by atoms with Crippen LogP contribution in [0, 0.1) is 0 Å². The second-order valence-electron chi connectivity index (χ2n) is 21.8. The number of aliphatic hydroxyl groups excluding tert-OH is 2. The normalized spacial score (nSPS) is 12.5. The van der Waals surface area contributed by atoms with Crippen molar-refractivity contribution in [1.29, 1.82) is 0 Å². The number of carbonyl (C=O) groups is 2. The van der Waals surface area contributed by atoms with Crippen LogP contribution in [0.3, 0.4) is 0 Å². The fourth-order valence-corrected chi connectivity index (χ4v) is 10.1. The zero-order chi connectivity index (χ0) is 49.3. The molecule has 0 saturated carbocycles. The molecule has 0 aromatic heterocycles. The highest BCUT2D eigenvalue weighted by Gasteiger charge is 2.20. The summed E-state index contributed by atoms with van der Waals surface area (Å²) >= 11 is 0. The van der Waals surface area contributed by atoms with Gasteiger partial charge in [-0.05, 0) is 25.7 Å². The molecule has 0 aromatic carbocycles. The van der Waals surface area contributed by atoms with Crippen molar-refractivity contribution >= 4 is 11.9 Å². The Morgan fingerprint density at radius 1 is 0.353 bits per heavy atom. The summed E-state index contributed by atoms with van der Waals surface area (Å²) < 4.78 is 5.47. The Hall–Kier alpha value is -1.14. The van der Waals surface area contributed by atoms with Gasteiger partial charge >= 0.3 is 5.97 Å². The third-order valence-corrected chi connectivity index (χ3v) is 14.9. The molecule has 2 atom stereocenters. The van der Waals surface area contributed by atoms with Crippen LogP contribution in [0.1, 0.15) is 361 Å². The molecule has 0 heterocycles. The molecule has 0 aromatic rings. The lowest BCUT2D eigenvalue weighted by Crippen LogP contribution is -2.45. The van der Waals surface area contributed by atoms with Crippen molar-refractivity contribution in [2.24, 2.45) is 0 Å². The molecule has 0 aliphatic carbocycles. The van der Waals surface area contributed by atoms with Gasteiger partial charge in [0.1, 0.15) is 0 Å². The minimum atomic E-state index is -0.665. The van der Waals surface area contributed by atoms with Gasteiger partial charge in [-0.2, -0.15) is 0 Å². The average Bonchev–Trinajstić information content (AvgIpc) is 3.34. The van der Waals surface area contributed by atoms with Gasteiger partial charge in [-0.25, -0.2) is 0 Å². The Kier molecular flexibility index (Phi) is 57.5. The molecular weight excluding hydrogens is 839 g/mol.